The van der Waals surface area contributed by atoms with E-state index in [0.717, 1.165) is 16.6 Å². The van der Waals surface area contributed by atoms with Crippen LogP contribution in [0.4, 0.5) is 0 Å². The number of amides is 1. The van der Waals surface area contributed by atoms with Crippen LogP contribution in [0.2, 0.25) is 5.02 Å². The molecule has 1 unspecified atom stereocenters. The van der Waals surface area contributed by atoms with Crippen LogP contribution in [-0.2, 0) is 4.79 Å². The number of nitrogens with one attached hydrogen (secondary N) is 1. The van der Waals surface area contributed by atoms with Crippen molar-refractivity contribution >= 4 is 28.4 Å². The van der Waals surface area contributed by atoms with Crippen molar-refractivity contribution in [2.45, 2.75) is 26.9 Å². The van der Waals surface area contributed by atoms with Crippen molar-refractivity contribution in [1.82, 2.24) is 10.5 Å². The summed E-state index contributed by atoms with van der Waals surface area (Å²) in [4.78, 5) is 15.8. The molecule has 0 aliphatic rings. The van der Waals surface area contributed by atoms with Gasteiger partial charge in [0.25, 0.3) is 5.91 Å². The van der Waals surface area contributed by atoms with E-state index in [-0.39, 0.29) is 0 Å². The SMILES string of the molecule is Cc1cc(C)c2c(Cl)ccc(OC(C)C(=O)NO)c2n1. The molecule has 0 aliphatic heterocycles. The fourth-order valence-corrected chi connectivity index (χ4v) is 2.36. The van der Waals surface area contributed by atoms with Crippen molar-refractivity contribution in [3.8, 4) is 5.75 Å². The summed E-state index contributed by atoms with van der Waals surface area (Å²) in [6.07, 6.45) is -0.841. The second-order valence-electron chi connectivity index (χ2n) is 4.59. The Hall–Kier alpha value is -1.85. The largest absolute Gasteiger partial charge is 0.479 e. The lowest BCUT2D eigenvalue weighted by Gasteiger charge is -2.15. The molecule has 20 heavy (non-hydrogen) atoms. The lowest BCUT2D eigenvalue weighted by Crippen LogP contribution is -2.34. The smallest absolute Gasteiger partial charge is 0.284 e. The van der Waals surface area contributed by atoms with Crippen LogP contribution in [0.5, 0.6) is 5.75 Å². The van der Waals surface area contributed by atoms with Gasteiger partial charge in [-0.15, -0.1) is 0 Å². The fourth-order valence-electron chi connectivity index (χ4n) is 2.06. The maximum atomic E-state index is 11.3. The Kier molecular flexibility index (Phi) is 4.11. The van der Waals surface area contributed by atoms with E-state index in [4.69, 9.17) is 21.5 Å². The summed E-state index contributed by atoms with van der Waals surface area (Å²) in [5.41, 5.74) is 3.98. The number of nitrogens with zero attached hydrogens (tertiary/aromatic N) is 1. The van der Waals surface area contributed by atoms with Crippen LogP contribution in [-0.4, -0.2) is 22.2 Å². The first-order chi connectivity index (χ1) is 9.43. The highest BCUT2D eigenvalue weighted by atomic mass is 35.5. The highest BCUT2D eigenvalue weighted by Gasteiger charge is 2.17. The Morgan fingerprint density at radius 3 is 2.80 bits per heavy atom. The number of aromatic nitrogens is 1. The van der Waals surface area contributed by atoms with Crippen LogP contribution in [0.1, 0.15) is 18.2 Å². The van der Waals surface area contributed by atoms with Gasteiger partial charge in [-0.05, 0) is 44.5 Å². The van der Waals surface area contributed by atoms with Crippen molar-refractivity contribution in [2.75, 3.05) is 0 Å². The van der Waals surface area contributed by atoms with Crippen LogP contribution >= 0.6 is 11.6 Å². The maximum Gasteiger partial charge on any atom is 0.284 e. The molecule has 2 N–H and O–H groups in total. The van der Waals surface area contributed by atoms with E-state index >= 15 is 0 Å². The van der Waals surface area contributed by atoms with Gasteiger partial charge in [-0.25, -0.2) is 10.5 Å². The van der Waals surface area contributed by atoms with Gasteiger partial charge < -0.3 is 4.74 Å². The van der Waals surface area contributed by atoms with E-state index in [1.807, 2.05) is 19.9 Å². The van der Waals surface area contributed by atoms with Crippen LogP contribution in [0.25, 0.3) is 10.9 Å². The lowest BCUT2D eigenvalue weighted by atomic mass is 10.1. The molecule has 0 bridgehead atoms. The van der Waals surface area contributed by atoms with Gasteiger partial charge in [-0.2, -0.15) is 0 Å². The predicted molar refractivity (Wildman–Crippen MR) is 76.2 cm³/mol. The maximum absolute atomic E-state index is 11.3. The fraction of sp³-hybridized carbons (Fsp3) is 0.286. The molecule has 1 amide bonds. The summed E-state index contributed by atoms with van der Waals surface area (Å²) >= 11 is 6.20. The Balaban J connectivity index is 2.55. The molecule has 5 nitrogen and oxygen atoms in total. The second kappa shape index (κ2) is 5.64. The third-order valence-corrected chi connectivity index (χ3v) is 3.30. The molecule has 1 aromatic heterocycles. The molecule has 0 aliphatic carbocycles. The molecule has 106 valence electrons. The first-order valence-corrected chi connectivity index (χ1v) is 6.49. The number of pyridine rings is 1. The predicted octanol–water partition coefficient (Wildman–Crippen LogP) is 2.78. The molecule has 6 heteroatoms. The Morgan fingerprint density at radius 2 is 2.15 bits per heavy atom. The number of carbonyl (C=O) groups is 1. The summed E-state index contributed by atoms with van der Waals surface area (Å²) in [6, 6.07) is 5.30. The molecule has 0 radical (unpaired) electrons. The summed E-state index contributed by atoms with van der Waals surface area (Å²) in [6.45, 7) is 5.35. The molecule has 0 saturated heterocycles. The number of ether oxygens (including phenoxy) is 1. The van der Waals surface area contributed by atoms with Crippen LogP contribution in [0, 0.1) is 13.8 Å². The Labute approximate surface area is 121 Å². The standard InChI is InChI=1S/C14H15ClN2O3/c1-7-6-8(2)16-13-11(5-4-10(15)12(7)13)20-9(3)14(18)17-19/h4-6,9,19H,1-3H3,(H,17,18). The molecule has 2 aromatic rings. The van der Waals surface area contributed by atoms with E-state index in [0.29, 0.717) is 16.3 Å². The summed E-state index contributed by atoms with van der Waals surface area (Å²) in [5.74, 6) is -0.176. The molecule has 1 atom stereocenters. The zero-order valence-electron chi connectivity index (χ0n) is 11.4. The van der Waals surface area contributed by atoms with Crippen molar-refractivity contribution in [3.05, 3.63) is 34.5 Å². The minimum Gasteiger partial charge on any atom is -0.479 e. The van der Waals surface area contributed by atoms with Crippen molar-refractivity contribution < 1.29 is 14.7 Å². The molecular weight excluding hydrogens is 280 g/mol. The van der Waals surface area contributed by atoms with E-state index in [1.165, 1.54) is 6.92 Å². The Morgan fingerprint density at radius 1 is 1.45 bits per heavy atom. The topological polar surface area (TPSA) is 71.5 Å². The average Bonchev–Trinajstić information content (AvgIpc) is 2.40. The van der Waals surface area contributed by atoms with E-state index < -0.39 is 12.0 Å². The molecule has 1 heterocycles. The molecule has 2 rings (SSSR count). The second-order valence-corrected chi connectivity index (χ2v) is 4.99. The minimum absolute atomic E-state index is 0.451. The number of hydrogen-bond acceptors (Lipinski definition) is 4. The van der Waals surface area contributed by atoms with Gasteiger partial charge in [0.05, 0.1) is 5.02 Å². The van der Waals surface area contributed by atoms with Gasteiger partial charge in [0.1, 0.15) is 11.3 Å². The monoisotopic (exact) mass is 294 g/mol. The number of carbonyl (C=O) groups excluding carboxylic acids is 1. The third kappa shape index (κ3) is 2.69. The van der Waals surface area contributed by atoms with Crippen molar-refractivity contribution in [2.24, 2.45) is 0 Å². The molecule has 0 saturated carbocycles. The number of hydroxylamine groups is 1. The van der Waals surface area contributed by atoms with E-state index in [2.05, 4.69) is 4.98 Å². The molecule has 1 aromatic carbocycles. The van der Waals surface area contributed by atoms with E-state index in [9.17, 15) is 4.79 Å². The summed E-state index contributed by atoms with van der Waals surface area (Å²) < 4.78 is 5.55. The van der Waals surface area contributed by atoms with Gasteiger partial charge in [0, 0.05) is 11.1 Å². The van der Waals surface area contributed by atoms with Crippen molar-refractivity contribution in [3.63, 3.8) is 0 Å². The third-order valence-electron chi connectivity index (χ3n) is 2.98. The lowest BCUT2D eigenvalue weighted by molar-refractivity contribution is -0.135. The van der Waals surface area contributed by atoms with Crippen LogP contribution < -0.4 is 10.2 Å². The number of rotatable bonds is 3. The number of benzene rings is 1. The van der Waals surface area contributed by atoms with Gasteiger partial charge in [0.15, 0.2) is 6.10 Å². The summed E-state index contributed by atoms with van der Waals surface area (Å²) in [5, 5.41) is 9.99. The zero-order valence-corrected chi connectivity index (χ0v) is 12.2. The van der Waals surface area contributed by atoms with Gasteiger partial charge >= 0.3 is 0 Å². The highest BCUT2D eigenvalue weighted by molar-refractivity contribution is 6.35. The normalized spacial score (nSPS) is 12.2. The van der Waals surface area contributed by atoms with E-state index in [1.54, 1.807) is 17.6 Å². The highest BCUT2D eigenvalue weighted by Crippen LogP contribution is 2.33. The van der Waals surface area contributed by atoms with Crippen molar-refractivity contribution in [1.29, 1.82) is 0 Å². The Bertz CT molecular complexity index is 673. The van der Waals surface area contributed by atoms with Gasteiger partial charge in [-0.1, -0.05) is 11.6 Å². The first kappa shape index (κ1) is 14.6. The number of aryl methyl sites for hydroxylation is 2. The minimum atomic E-state index is -0.841. The quantitative estimate of drug-likeness (QED) is 0.674. The average molecular weight is 295 g/mol. The summed E-state index contributed by atoms with van der Waals surface area (Å²) in [7, 11) is 0. The number of fused-ring (bicyclic) bond motifs is 1. The van der Waals surface area contributed by atoms with Gasteiger partial charge in [-0.3, -0.25) is 10.0 Å². The molecule has 0 spiro atoms. The first-order valence-electron chi connectivity index (χ1n) is 6.11. The molecular formula is C14H15ClN2O3. The number of halogens is 1. The molecule has 0 fully saturated rings. The number of hydrogen-bond donors (Lipinski definition) is 2. The van der Waals surface area contributed by atoms with Crippen LogP contribution in [0.15, 0.2) is 18.2 Å². The van der Waals surface area contributed by atoms with Crippen LogP contribution in [0.3, 0.4) is 0 Å². The zero-order chi connectivity index (χ0) is 14.9. The van der Waals surface area contributed by atoms with Gasteiger partial charge in [0.2, 0.25) is 0 Å².